The van der Waals surface area contributed by atoms with Gasteiger partial charge in [0, 0.05) is 30.2 Å². The largest absolute Gasteiger partial charge is 0.374 e. The number of ether oxygens (including phenoxy) is 1. The number of nitrogens with zero attached hydrogens (tertiary/aromatic N) is 2. The number of carbonyl (C=O) groups is 1. The van der Waals surface area contributed by atoms with Gasteiger partial charge in [-0.3, -0.25) is 9.36 Å². The highest BCUT2D eigenvalue weighted by Gasteiger charge is 2.08. The third kappa shape index (κ3) is 5.24. The summed E-state index contributed by atoms with van der Waals surface area (Å²) in [6.07, 6.45) is 5.87. The lowest BCUT2D eigenvalue weighted by molar-refractivity contribution is 0.0657. The van der Waals surface area contributed by atoms with Gasteiger partial charge in [-0.25, -0.2) is 4.98 Å². The van der Waals surface area contributed by atoms with Crippen molar-refractivity contribution < 1.29 is 9.53 Å². The molecule has 0 aliphatic rings. The lowest BCUT2D eigenvalue weighted by Crippen LogP contribution is -2.22. The lowest BCUT2D eigenvalue weighted by Gasteiger charge is -2.10. The van der Waals surface area contributed by atoms with E-state index in [1.165, 1.54) is 0 Å². The van der Waals surface area contributed by atoms with Crippen LogP contribution in [0.5, 0.6) is 0 Å². The van der Waals surface area contributed by atoms with Crippen molar-refractivity contribution in [2.24, 2.45) is 0 Å². The molecule has 2 aromatic carbocycles. The fourth-order valence-electron chi connectivity index (χ4n) is 2.79. The predicted molar refractivity (Wildman–Crippen MR) is 113 cm³/mol. The number of carbonyl (C=O) groups excluding carboxylic acids is 1. The molecule has 28 heavy (non-hydrogen) atoms. The Balaban J connectivity index is 1.60. The molecule has 1 aromatic heterocycles. The van der Waals surface area contributed by atoms with Gasteiger partial charge in [0.2, 0.25) is 0 Å². The molecule has 1 heterocycles. The number of amides is 1. The van der Waals surface area contributed by atoms with Gasteiger partial charge in [0.15, 0.2) is 5.16 Å². The van der Waals surface area contributed by atoms with Gasteiger partial charge < -0.3 is 10.1 Å². The highest BCUT2D eigenvalue weighted by Crippen LogP contribution is 2.18. The van der Waals surface area contributed by atoms with Crippen LogP contribution in [0.2, 0.25) is 0 Å². The molecule has 0 unspecified atom stereocenters. The molecule has 0 atom stereocenters. The van der Waals surface area contributed by atoms with E-state index in [1.54, 1.807) is 18.0 Å². The molecule has 0 radical (unpaired) electrons. The average molecular weight is 396 g/mol. The van der Waals surface area contributed by atoms with E-state index in [2.05, 4.69) is 16.4 Å². The number of hydrogen-bond acceptors (Lipinski definition) is 4. The molecular formula is C22H25N3O2S. The molecule has 0 spiro atoms. The van der Waals surface area contributed by atoms with Crippen molar-refractivity contribution in [3.05, 3.63) is 77.6 Å². The SMILES string of the molecule is CSc1nccn1-c1ccc(C(=O)NCc2cccc(COC(C)C)c2)cc1. The number of thioether (sulfide) groups is 1. The van der Waals surface area contributed by atoms with Crippen LogP contribution < -0.4 is 5.32 Å². The second kappa shape index (κ2) is 9.57. The molecule has 5 nitrogen and oxygen atoms in total. The Bertz CT molecular complexity index is 920. The van der Waals surface area contributed by atoms with Crippen LogP contribution in [0.3, 0.4) is 0 Å². The van der Waals surface area contributed by atoms with Crippen molar-refractivity contribution in [3.8, 4) is 5.69 Å². The van der Waals surface area contributed by atoms with Crippen LogP contribution in [0.4, 0.5) is 0 Å². The van der Waals surface area contributed by atoms with Gasteiger partial charge in [0.1, 0.15) is 0 Å². The van der Waals surface area contributed by atoms with E-state index < -0.39 is 0 Å². The maximum atomic E-state index is 12.5. The number of rotatable bonds is 8. The highest BCUT2D eigenvalue weighted by molar-refractivity contribution is 7.98. The van der Waals surface area contributed by atoms with Crippen molar-refractivity contribution >= 4 is 17.7 Å². The molecule has 0 saturated carbocycles. The Kier molecular flexibility index (Phi) is 6.90. The molecule has 146 valence electrons. The van der Waals surface area contributed by atoms with Gasteiger partial charge in [-0.1, -0.05) is 36.0 Å². The van der Waals surface area contributed by atoms with E-state index >= 15 is 0 Å². The predicted octanol–water partition coefficient (Wildman–Crippen LogP) is 4.45. The van der Waals surface area contributed by atoms with Gasteiger partial charge in [-0.2, -0.15) is 0 Å². The van der Waals surface area contributed by atoms with Crippen molar-refractivity contribution in [2.45, 2.75) is 38.3 Å². The van der Waals surface area contributed by atoms with Gasteiger partial charge >= 0.3 is 0 Å². The molecule has 6 heteroatoms. The van der Waals surface area contributed by atoms with Gasteiger partial charge in [-0.05, 0) is 55.5 Å². The van der Waals surface area contributed by atoms with E-state index in [-0.39, 0.29) is 12.0 Å². The third-order valence-electron chi connectivity index (χ3n) is 4.22. The molecule has 1 amide bonds. The van der Waals surface area contributed by atoms with Gasteiger partial charge in [0.05, 0.1) is 12.7 Å². The normalized spacial score (nSPS) is 11.0. The molecular weight excluding hydrogens is 370 g/mol. The monoisotopic (exact) mass is 395 g/mol. The second-order valence-corrected chi connectivity index (χ2v) is 7.47. The first-order valence-corrected chi connectivity index (χ1v) is 10.4. The highest BCUT2D eigenvalue weighted by atomic mass is 32.2. The fraction of sp³-hybridized carbons (Fsp3) is 0.273. The number of benzene rings is 2. The summed E-state index contributed by atoms with van der Waals surface area (Å²) in [6, 6.07) is 15.6. The molecule has 0 aliphatic heterocycles. The number of hydrogen-bond donors (Lipinski definition) is 1. The number of nitrogens with one attached hydrogen (secondary N) is 1. The Morgan fingerprint density at radius 1 is 1.18 bits per heavy atom. The summed E-state index contributed by atoms with van der Waals surface area (Å²) < 4.78 is 7.64. The maximum Gasteiger partial charge on any atom is 0.251 e. The summed E-state index contributed by atoms with van der Waals surface area (Å²) in [5.74, 6) is -0.0916. The van der Waals surface area contributed by atoms with Crippen LogP contribution in [0.1, 0.15) is 35.3 Å². The van der Waals surface area contributed by atoms with E-state index in [9.17, 15) is 4.79 Å². The van der Waals surface area contributed by atoms with Crippen LogP contribution in [0.15, 0.2) is 66.1 Å². The first-order valence-electron chi connectivity index (χ1n) is 9.22. The Morgan fingerprint density at radius 3 is 2.64 bits per heavy atom. The summed E-state index contributed by atoms with van der Waals surface area (Å²) in [7, 11) is 0. The molecule has 0 aliphatic carbocycles. The minimum atomic E-state index is -0.0916. The fourth-order valence-corrected chi connectivity index (χ4v) is 3.32. The molecule has 1 N–H and O–H groups in total. The molecule has 0 fully saturated rings. The second-order valence-electron chi connectivity index (χ2n) is 6.69. The topological polar surface area (TPSA) is 56.2 Å². The summed E-state index contributed by atoms with van der Waals surface area (Å²) in [5.41, 5.74) is 3.78. The zero-order chi connectivity index (χ0) is 19.9. The summed E-state index contributed by atoms with van der Waals surface area (Å²) in [5, 5.41) is 3.90. The standard InChI is InChI=1S/C22H25N3O2S/c1-16(2)27-15-18-6-4-5-17(13-18)14-24-21(26)19-7-9-20(10-8-19)25-12-11-23-22(25)28-3/h4-13,16H,14-15H2,1-3H3,(H,24,26). The van der Waals surface area contributed by atoms with Crippen molar-refractivity contribution in [1.82, 2.24) is 14.9 Å². The molecule has 3 rings (SSSR count). The summed E-state index contributed by atoms with van der Waals surface area (Å²) in [6.45, 7) is 5.09. The first-order chi connectivity index (χ1) is 13.6. The minimum absolute atomic E-state index is 0.0916. The molecule has 3 aromatic rings. The Labute approximate surface area is 170 Å². The van der Waals surface area contributed by atoms with Crippen molar-refractivity contribution in [3.63, 3.8) is 0 Å². The van der Waals surface area contributed by atoms with Gasteiger partial charge in [-0.15, -0.1) is 0 Å². The van der Waals surface area contributed by atoms with Crippen LogP contribution in [0.25, 0.3) is 5.69 Å². The van der Waals surface area contributed by atoms with Crippen molar-refractivity contribution in [1.29, 1.82) is 0 Å². The minimum Gasteiger partial charge on any atom is -0.374 e. The smallest absolute Gasteiger partial charge is 0.251 e. The maximum absolute atomic E-state index is 12.5. The average Bonchev–Trinajstić information content (AvgIpc) is 3.20. The molecule has 0 bridgehead atoms. The van der Waals surface area contributed by atoms with Gasteiger partial charge in [0.25, 0.3) is 5.91 Å². The van der Waals surface area contributed by atoms with Crippen LogP contribution >= 0.6 is 11.8 Å². The van der Waals surface area contributed by atoms with Crippen LogP contribution in [0, 0.1) is 0 Å². The van der Waals surface area contributed by atoms with E-state index in [4.69, 9.17) is 4.74 Å². The number of imidazole rings is 1. The van der Waals surface area contributed by atoms with E-state index in [1.807, 2.05) is 73.3 Å². The summed E-state index contributed by atoms with van der Waals surface area (Å²) >= 11 is 1.58. The third-order valence-corrected chi connectivity index (χ3v) is 4.89. The van der Waals surface area contributed by atoms with E-state index in [0.717, 1.165) is 22.0 Å². The van der Waals surface area contributed by atoms with Crippen LogP contribution in [-0.2, 0) is 17.9 Å². The zero-order valence-corrected chi connectivity index (χ0v) is 17.2. The summed E-state index contributed by atoms with van der Waals surface area (Å²) in [4.78, 5) is 16.8. The number of aromatic nitrogens is 2. The zero-order valence-electron chi connectivity index (χ0n) is 16.4. The van der Waals surface area contributed by atoms with Crippen LogP contribution in [-0.4, -0.2) is 27.8 Å². The van der Waals surface area contributed by atoms with Crippen molar-refractivity contribution in [2.75, 3.05) is 6.26 Å². The first kappa shape index (κ1) is 20.2. The lowest BCUT2D eigenvalue weighted by atomic mass is 10.1. The Hall–Kier alpha value is -2.57. The Morgan fingerprint density at radius 2 is 1.93 bits per heavy atom. The quantitative estimate of drug-likeness (QED) is 0.573. The molecule has 0 saturated heterocycles. The van der Waals surface area contributed by atoms with E-state index in [0.29, 0.717) is 18.7 Å².